The van der Waals surface area contributed by atoms with E-state index in [1.165, 1.54) is 0 Å². The van der Waals surface area contributed by atoms with E-state index in [1.807, 2.05) is 11.8 Å². The predicted molar refractivity (Wildman–Crippen MR) is 64.6 cm³/mol. The Labute approximate surface area is 103 Å². The summed E-state index contributed by atoms with van der Waals surface area (Å²) in [4.78, 5) is 14.0. The quantitative estimate of drug-likeness (QED) is 0.807. The summed E-state index contributed by atoms with van der Waals surface area (Å²) in [5, 5.41) is 9.60. The molecule has 0 aliphatic carbocycles. The largest absolute Gasteiger partial charge is 0.393 e. The first-order chi connectivity index (χ1) is 8.16. The van der Waals surface area contributed by atoms with Crippen molar-refractivity contribution in [2.45, 2.75) is 51.2 Å². The predicted octanol–water partition coefficient (Wildman–Crippen LogP) is 1.17. The zero-order valence-electron chi connectivity index (χ0n) is 10.6. The molecule has 3 unspecified atom stereocenters. The van der Waals surface area contributed by atoms with Crippen LogP contribution < -0.4 is 0 Å². The highest BCUT2D eigenvalue weighted by atomic mass is 16.5. The Bertz CT molecular complexity index is 261. The fourth-order valence-electron chi connectivity index (χ4n) is 2.76. The number of likely N-dealkylation sites (tertiary alicyclic amines) is 1. The summed E-state index contributed by atoms with van der Waals surface area (Å²) >= 11 is 0. The summed E-state index contributed by atoms with van der Waals surface area (Å²) in [5.41, 5.74) is 0. The second-order valence-corrected chi connectivity index (χ2v) is 5.32. The van der Waals surface area contributed by atoms with Crippen LogP contribution in [0.4, 0.5) is 0 Å². The molecule has 0 aromatic heterocycles. The summed E-state index contributed by atoms with van der Waals surface area (Å²) in [6.07, 6.45) is 4.47. The molecule has 4 nitrogen and oxygen atoms in total. The van der Waals surface area contributed by atoms with Gasteiger partial charge < -0.3 is 14.7 Å². The van der Waals surface area contributed by atoms with Gasteiger partial charge in [0.25, 0.3) is 0 Å². The minimum Gasteiger partial charge on any atom is -0.393 e. The molecule has 3 atom stereocenters. The molecule has 1 amide bonds. The van der Waals surface area contributed by atoms with E-state index in [9.17, 15) is 9.90 Å². The summed E-state index contributed by atoms with van der Waals surface area (Å²) in [5.74, 6) is 0.444. The van der Waals surface area contributed by atoms with Crippen molar-refractivity contribution in [2.24, 2.45) is 5.92 Å². The van der Waals surface area contributed by atoms with Crippen molar-refractivity contribution >= 4 is 5.91 Å². The lowest BCUT2D eigenvalue weighted by Gasteiger charge is -2.34. The SMILES string of the molecule is CC(O)C1CCCN(C(=O)CC2CCCO2)C1. The third-order valence-corrected chi connectivity index (χ3v) is 3.92. The second-order valence-electron chi connectivity index (χ2n) is 5.32. The van der Waals surface area contributed by atoms with Gasteiger partial charge in [-0.15, -0.1) is 0 Å². The third kappa shape index (κ3) is 3.42. The first-order valence-electron chi connectivity index (χ1n) is 6.74. The van der Waals surface area contributed by atoms with Crippen molar-refractivity contribution in [3.63, 3.8) is 0 Å². The van der Waals surface area contributed by atoms with Crippen molar-refractivity contribution in [3.8, 4) is 0 Å². The van der Waals surface area contributed by atoms with Gasteiger partial charge in [0.2, 0.25) is 5.91 Å². The van der Waals surface area contributed by atoms with Crippen LogP contribution in [0, 0.1) is 5.92 Å². The van der Waals surface area contributed by atoms with Gasteiger partial charge in [-0.3, -0.25) is 4.79 Å². The number of hydrogen-bond donors (Lipinski definition) is 1. The summed E-state index contributed by atoms with van der Waals surface area (Å²) < 4.78 is 5.49. The molecule has 98 valence electrons. The van der Waals surface area contributed by atoms with E-state index in [1.54, 1.807) is 0 Å². The minimum atomic E-state index is -0.312. The Morgan fingerprint density at radius 1 is 1.47 bits per heavy atom. The van der Waals surface area contributed by atoms with Crippen molar-refractivity contribution in [3.05, 3.63) is 0 Å². The molecule has 4 heteroatoms. The topological polar surface area (TPSA) is 49.8 Å². The number of piperidine rings is 1. The van der Waals surface area contributed by atoms with E-state index < -0.39 is 0 Å². The minimum absolute atomic E-state index is 0.134. The van der Waals surface area contributed by atoms with Crippen LogP contribution in [0.2, 0.25) is 0 Å². The molecular weight excluding hydrogens is 218 g/mol. The first kappa shape index (κ1) is 12.8. The van der Waals surface area contributed by atoms with Gasteiger partial charge in [0, 0.05) is 25.6 Å². The fraction of sp³-hybridized carbons (Fsp3) is 0.923. The third-order valence-electron chi connectivity index (χ3n) is 3.92. The van der Waals surface area contributed by atoms with Gasteiger partial charge >= 0.3 is 0 Å². The van der Waals surface area contributed by atoms with Crippen LogP contribution >= 0.6 is 0 Å². The molecule has 0 saturated carbocycles. The molecule has 2 rings (SSSR count). The number of carbonyl (C=O) groups is 1. The Hall–Kier alpha value is -0.610. The number of nitrogens with zero attached hydrogens (tertiary/aromatic N) is 1. The monoisotopic (exact) mass is 241 g/mol. The number of ether oxygens (including phenoxy) is 1. The standard InChI is InChI=1S/C13H23NO3/c1-10(15)11-4-2-6-14(9-11)13(16)8-12-5-3-7-17-12/h10-12,15H,2-9H2,1H3. The average molecular weight is 241 g/mol. The van der Waals surface area contributed by atoms with Gasteiger partial charge in [0.15, 0.2) is 0 Å². The highest BCUT2D eigenvalue weighted by Crippen LogP contribution is 2.22. The Balaban J connectivity index is 1.81. The zero-order valence-corrected chi connectivity index (χ0v) is 10.6. The lowest BCUT2D eigenvalue weighted by molar-refractivity contribution is -0.136. The Morgan fingerprint density at radius 3 is 2.94 bits per heavy atom. The maximum Gasteiger partial charge on any atom is 0.225 e. The van der Waals surface area contributed by atoms with Crippen molar-refractivity contribution < 1.29 is 14.6 Å². The highest BCUT2D eigenvalue weighted by Gasteiger charge is 2.28. The van der Waals surface area contributed by atoms with E-state index >= 15 is 0 Å². The first-order valence-corrected chi connectivity index (χ1v) is 6.74. The number of rotatable bonds is 3. The second kappa shape index (κ2) is 5.83. The normalized spacial score (nSPS) is 31.5. The Kier molecular flexibility index (Phi) is 4.40. The van der Waals surface area contributed by atoms with E-state index in [2.05, 4.69) is 0 Å². The molecule has 0 radical (unpaired) electrons. The molecule has 2 aliphatic heterocycles. The molecule has 2 fully saturated rings. The van der Waals surface area contributed by atoms with Crippen LogP contribution in [0.15, 0.2) is 0 Å². The molecule has 2 aliphatic rings. The van der Waals surface area contributed by atoms with Crippen LogP contribution in [0.25, 0.3) is 0 Å². The van der Waals surface area contributed by atoms with Crippen LogP contribution in [0.1, 0.15) is 39.0 Å². The van der Waals surface area contributed by atoms with Crippen molar-refractivity contribution in [2.75, 3.05) is 19.7 Å². The number of amides is 1. The molecule has 0 spiro atoms. The summed E-state index contributed by atoms with van der Waals surface area (Å²) in [7, 11) is 0. The smallest absolute Gasteiger partial charge is 0.225 e. The average Bonchev–Trinajstić information content (AvgIpc) is 2.82. The summed E-state index contributed by atoms with van der Waals surface area (Å²) in [6, 6.07) is 0. The highest BCUT2D eigenvalue weighted by molar-refractivity contribution is 5.76. The van der Waals surface area contributed by atoms with Gasteiger partial charge in [0.1, 0.15) is 0 Å². The molecular formula is C13H23NO3. The molecule has 1 N–H and O–H groups in total. The lowest BCUT2D eigenvalue weighted by atomic mass is 9.93. The van der Waals surface area contributed by atoms with Gasteiger partial charge in [-0.05, 0) is 32.6 Å². The van der Waals surface area contributed by atoms with Gasteiger partial charge in [-0.2, -0.15) is 0 Å². The number of aliphatic hydroxyl groups excluding tert-OH is 1. The van der Waals surface area contributed by atoms with Crippen molar-refractivity contribution in [1.29, 1.82) is 0 Å². The molecule has 0 bridgehead atoms. The maximum absolute atomic E-state index is 12.1. The van der Waals surface area contributed by atoms with E-state index in [4.69, 9.17) is 4.74 Å². The van der Waals surface area contributed by atoms with E-state index in [-0.39, 0.29) is 24.0 Å². The van der Waals surface area contributed by atoms with Crippen LogP contribution in [0.5, 0.6) is 0 Å². The summed E-state index contributed by atoms with van der Waals surface area (Å²) in [6.45, 7) is 4.17. The van der Waals surface area contributed by atoms with E-state index in [0.29, 0.717) is 13.0 Å². The Morgan fingerprint density at radius 2 is 2.29 bits per heavy atom. The number of carbonyl (C=O) groups excluding carboxylic acids is 1. The molecule has 2 heterocycles. The van der Waals surface area contributed by atoms with Crippen LogP contribution in [0.3, 0.4) is 0 Å². The van der Waals surface area contributed by atoms with E-state index in [0.717, 1.165) is 38.8 Å². The van der Waals surface area contributed by atoms with Crippen molar-refractivity contribution in [1.82, 2.24) is 4.90 Å². The van der Waals surface area contributed by atoms with Crippen LogP contribution in [-0.2, 0) is 9.53 Å². The maximum atomic E-state index is 12.1. The van der Waals surface area contributed by atoms with Gasteiger partial charge in [-0.1, -0.05) is 0 Å². The number of hydrogen-bond acceptors (Lipinski definition) is 3. The molecule has 17 heavy (non-hydrogen) atoms. The number of aliphatic hydroxyl groups is 1. The zero-order chi connectivity index (χ0) is 12.3. The van der Waals surface area contributed by atoms with Gasteiger partial charge in [-0.25, -0.2) is 0 Å². The lowest BCUT2D eigenvalue weighted by Crippen LogP contribution is -2.43. The van der Waals surface area contributed by atoms with Gasteiger partial charge in [0.05, 0.1) is 18.6 Å². The van der Waals surface area contributed by atoms with Crippen LogP contribution in [-0.4, -0.2) is 47.8 Å². The molecule has 0 aromatic carbocycles. The fourth-order valence-corrected chi connectivity index (χ4v) is 2.76. The molecule has 2 saturated heterocycles. The molecule has 0 aromatic rings.